The summed E-state index contributed by atoms with van der Waals surface area (Å²) in [7, 11) is 0. The van der Waals surface area contributed by atoms with Crippen LogP contribution in [0.2, 0.25) is 0 Å². The monoisotopic (exact) mass is 302 g/mol. The van der Waals surface area contributed by atoms with E-state index in [-0.39, 0.29) is 5.91 Å². The summed E-state index contributed by atoms with van der Waals surface area (Å²) >= 11 is 1.95. The van der Waals surface area contributed by atoms with E-state index < -0.39 is 0 Å². The highest BCUT2D eigenvalue weighted by atomic mass is 32.2. The molecule has 4 N–H and O–H groups in total. The lowest BCUT2D eigenvalue weighted by molar-refractivity contribution is 0.0950. The number of rotatable bonds is 4. The fourth-order valence-corrected chi connectivity index (χ4v) is 3.85. The largest absolute Gasteiger partial charge is 0.352 e. The summed E-state index contributed by atoms with van der Waals surface area (Å²) in [4.78, 5) is 16.6. The average Bonchev–Trinajstić information content (AvgIpc) is 3.05. The molecule has 1 fully saturated rings. The Balaban J connectivity index is 1.84. The first-order chi connectivity index (χ1) is 10.3. The van der Waals surface area contributed by atoms with Crippen molar-refractivity contribution in [1.82, 2.24) is 10.3 Å². The fraction of sp³-hybridized carbons (Fsp3) is 0.333. The Labute approximate surface area is 127 Å². The highest BCUT2D eigenvalue weighted by molar-refractivity contribution is 7.99. The molecule has 2 heterocycles. The zero-order valence-corrected chi connectivity index (χ0v) is 12.5. The van der Waals surface area contributed by atoms with Gasteiger partial charge in [0.2, 0.25) is 0 Å². The van der Waals surface area contributed by atoms with Gasteiger partial charge in [-0.2, -0.15) is 11.8 Å². The molecule has 1 atom stereocenters. The maximum absolute atomic E-state index is 12.4. The second-order valence-corrected chi connectivity index (χ2v) is 6.30. The number of nitrogen functional groups attached to an aromatic ring is 1. The molecule has 1 aliphatic rings. The minimum atomic E-state index is -0.0702. The lowest BCUT2D eigenvalue weighted by atomic mass is 10.1. The first kappa shape index (κ1) is 14.2. The van der Waals surface area contributed by atoms with E-state index in [4.69, 9.17) is 5.84 Å². The Morgan fingerprint density at radius 2 is 2.19 bits per heavy atom. The SMILES string of the molecule is NNc1ncc(C(=O)NCC2CCSC2)c2ccccc12. The van der Waals surface area contributed by atoms with Crippen molar-refractivity contribution in [3.8, 4) is 0 Å². The number of nitrogens with zero attached hydrogens (tertiary/aromatic N) is 1. The highest BCUT2D eigenvalue weighted by Gasteiger charge is 2.18. The Morgan fingerprint density at radius 3 is 2.90 bits per heavy atom. The number of hydrogen-bond acceptors (Lipinski definition) is 5. The molecule has 0 saturated carbocycles. The Bertz CT molecular complexity index is 655. The third-order valence-electron chi connectivity index (χ3n) is 3.75. The molecular formula is C15H18N4OS. The van der Waals surface area contributed by atoms with Crippen LogP contribution in [-0.2, 0) is 0 Å². The smallest absolute Gasteiger partial charge is 0.253 e. The van der Waals surface area contributed by atoms with Crippen LogP contribution in [-0.4, -0.2) is 28.9 Å². The van der Waals surface area contributed by atoms with E-state index >= 15 is 0 Å². The van der Waals surface area contributed by atoms with E-state index in [1.807, 2.05) is 36.0 Å². The summed E-state index contributed by atoms with van der Waals surface area (Å²) in [6.07, 6.45) is 2.76. The molecule has 0 aliphatic carbocycles. The number of carbonyl (C=O) groups excluding carboxylic acids is 1. The van der Waals surface area contributed by atoms with Crippen molar-refractivity contribution >= 4 is 34.3 Å². The summed E-state index contributed by atoms with van der Waals surface area (Å²) in [6, 6.07) is 7.63. The zero-order valence-electron chi connectivity index (χ0n) is 11.6. The molecule has 5 nitrogen and oxygen atoms in total. The second kappa shape index (κ2) is 6.32. The van der Waals surface area contributed by atoms with Gasteiger partial charge in [0, 0.05) is 18.1 Å². The van der Waals surface area contributed by atoms with Crippen LogP contribution in [0.4, 0.5) is 5.82 Å². The van der Waals surface area contributed by atoms with Crippen LogP contribution in [0.5, 0.6) is 0 Å². The van der Waals surface area contributed by atoms with Crippen molar-refractivity contribution in [2.24, 2.45) is 11.8 Å². The number of nitrogens with one attached hydrogen (secondary N) is 2. The van der Waals surface area contributed by atoms with Crippen LogP contribution in [0.15, 0.2) is 30.5 Å². The Kier molecular flexibility index (Phi) is 4.26. The topological polar surface area (TPSA) is 80.0 Å². The van der Waals surface area contributed by atoms with Crippen molar-refractivity contribution in [2.45, 2.75) is 6.42 Å². The number of thioether (sulfide) groups is 1. The van der Waals surface area contributed by atoms with Crippen molar-refractivity contribution in [2.75, 3.05) is 23.5 Å². The Hall–Kier alpha value is -1.79. The summed E-state index contributed by atoms with van der Waals surface area (Å²) in [6.45, 7) is 0.733. The van der Waals surface area contributed by atoms with Gasteiger partial charge in [-0.1, -0.05) is 24.3 Å². The number of hydrazine groups is 1. The first-order valence-corrected chi connectivity index (χ1v) is 8.15. The van der Waals surface area contributed by atoms with Gasteiger partial charge in [-0.25, -0.2) is 10.8 Å². The van der Waals surface area contributed by atoms with Gasteiger partial charge >= 0.3 is 0 Å². The number of aromatic nitrogens is 1. The van der Waals surface area contributed by atoms with Crippen molar-refractivity contribution in [3.05, 3.63) is 36.0 Å². The van der Waals surface area contributed by atoms with E-state index in [0.717, 1.165) is 23.1 Å². The molecule has 0 bridgehead atoms. The molecule has 1 unspecified atom stereocenters. The van der Waals surface area contributed by atoms with Crippen LogP contribution in [0, 0.1) is 5.92 Å². The molecule has 1 aromatic heterocycles. The van der Waals surface area contributed by atoms with Crippen LogP contribution in [0.1, 0.15) is 16.8 Å². The maximum atomic E-state index is 12.4. The summed E-state index contributed by atoms with van der Waals surface area (Å²) in [5.41, 5.74) is 3.16. The highest BCUT2D eigenvalue weighted by Crippen LogP contribution is 2.25. The van der Waals surface area contributed by atoms with Gasteiger partial charge in [0.05, 0.1) is 5.56 Å². The summed E-state index contributed by atoms with van der Waals surface area (Å²) < 4.78 is 0. The quantitative estimate of drug-likeness (QED) is 0.594. The fourth-order valence-electron chi connectivity index (χ4n) is 2.57. The number of amides is 1. The lowest BCUT2D eigenvalue weighted by Crippen LogP contribution is -2.29. The number of benzene rings is 1. The predicted molar refractivity (Wildman–Crippen MR) is 87.3 cm³/mol. The van der Waals surface area contributed by atoms with E-state index in [1.165, 1.54) is 12.2 Å². The normalized spacial score (nSPS) is 17.9. The van der Waals surface area contributed by atoms with Crippen molar-refractivity contribution < 1.29 is 4.79 Å². The van der Waals surface area contributed by atoms with Gasteiger partial charge in [-0.3, -0.25) is 4.79 Å². The van der Waals surface area contributed by atoms with Gasteiger partial charge in [0.1, 0.15) is 5.82 Å². The third-order valence-corrected chi connectivity index (χ3v) is 4.98. The van der Waals surface area contributed by atoms with Gasteiger partial charge in [-0.15, -0.1) is 0 Å². The van der Waals surface area contributed by atoms with Crippen LogP contribution < -0.4 is 16.6 Å². The average molecular weight is 302 g/mol. The molecule has 1 saturated heterocycles. The van der Waals surface area contributed by atoms with Gasteiger partial charge < -0.3 is 10.7 Å². The molecule has 3 rings (SSSR count). The molecule has 6 heteroatoms. The number of carbonyl (C=O) groups is 1. The number of nitrogens with two attached hydrogens (primary N) is 1. The minimum absolute atomic E-state index is 0.0702. The van der Waals surface area contributed by atoms with Gasteiger partial charge in [0.25, 0.3) is 5.91 Å². The number of fused-ring (bicyclic) bond motifs is 1. The van der Waals surface area contributed by atoms with E-state index in [1.54, 1.807) is 6.20 Å². The molecule has 0 spiro atoms. The Morgan fingerprint density at radius 1 is 1.38 bits per heavy atom. The molecule has 2 aromatic rings. The number of hydrogen-bond donors (Lipinski definition) is 3. The summed E-state index contributed by atoms with van der Waals surface area (Å²) in [5.74, 6) is 8.89. The number of pyridine rings is 1. The van der Waals surface area contributed by atoms with Gasteiger partial charge in [-0.05, 0) is 29.2 Å². The third kappa shape index (κ3) is 2.96. The summed E-state index contributed by atoms with van der Waals surface area (Å²) in [5, 5.41) is 4.74. The van der Waals surface area contributed by atoms with Crippen LogP contribution in [0.3, 0.4) is 0 Å². The molecule has 110 valence electrons. The first-order valence-electron chi connectivity index (χ1n) is 7.00. The molecule has 1 aromatic carbocycles. The predicted octanol–water partition coefficient (Wildman–Crippen LogP) is 2.00. The van der Waals surface area contributed by atoms with Gasteiger partial charge in [0.15, 0.2) is 0 Å². The van der Waals surface area contributed by atoms with E-state index in [0.29, 0.717) is 17.3 Å². The maximum Gasteiger partial charge on any atom is 0.253 e. The van der Waals surface area contributed by atoms with E-state index in [9.17, 15) is 4.79 Å². The standard InChI is InChI=1S/C15H18N4OS/c16-19-14-12-4-2-1-3-11(12)13(8-17-14)15(20)18-7-10-5-6-21-9-10/h1-4,8,10H,5-7,9,16H2,(H,17,19)(H,18,20). The van der Waals surface area contributed by atoms with Crippen LogP contribution in [0.25, 0.3) is 10.8 Å². The minimum Gasteiger partial charge on any atom is -0.352 e. The van der Waals surface area contributed by atoms with E-state index in [2.05, 4.69) is 15.7 Å². The molecule has 1 amide bonds. The number of anilines is 1. The molecular weight excluding hydrogens is 284 g/mol. The molecule has 0 radical (unpaired) electrons. The van der Waals surface area contributed by atoms with Crippen molar-refractivity contribution in [1.29, 1.82) is 0 Å². The van der Waals surface area contributed by atoms with Crippen LogP contribution >= 0.6 is 11.8 Å². The lowest BCUT2D eigenvalue weighted by Gasteiger charge is -2.12. The second-order valence-electron chi connectivity index (χ2n) is 5.15. The zero-order chi connectivity index (χ0) is 14.7. The van der Waals surface area contributed by atoms with Crippen molar-refractivity contribution in [3.63, 3.8) is 0 Å². The molecule has 21 heavy (non-hydrogen) atoms. The molecule has 1 aliphatic heterocycles.